The first kappa shape index (κ1) is 17.5. The largest absolute Gasteiger partial charge is 0.373 e. The maximum Gasteiger partial charge on any atom is 0.156 e. The molecule has 2 heteroatoms. The molecule has 0 radical (unpaired) electrons. The van der Waals surface area contributed by atoms with Crippen molar-refractivity contribution in [1.29, 1.82) is 0 Å². The molecule has 1 aromatic rings. The molecule has 0 amide bonds. The minimum atomic E-state index is -1.02. The lowest BCUT2D eigenvalue weighted by atomic mass is 9.65. The van der Waals surface area contributed by atoms with E-state index in [0.717, 1.165) is 44.5 Å². The minimum absolute atomic E-state index is 0.0940. The fraction of sp³-hybridized carbons (Fsp3) is 0.636. The molecule has 1 heterocycles. The van der Waals surface area contributed by atoms with E-state index in [2.05, 4.69) is 23.7 Å². The van der Waals surface area contributed by atoms with Crippen LogP contribution < -0.4 is 0 Å². The number of hydrogen-bond acceptors (Lipinski definition) is 2. The van der Waals surface area contributed by atoms with Crippen LogP contribution in [0.5, 0.6) is 0 Å². The van der Waals surface area contributed by atoms with E-state index in [4.69, 9.17) is 0 Å². The van der Waals surface area contributed by atoms with E-state index in [9.17, 15) is 5.11 Å². The summed E-state index contributed by atoms with van der Waals surface area (Å²) in [7, 11) is 0. The Balaban J connectivity index is 1.88. The third-order valence-electron chi connectivity index (χ3n) is 6.22. The third-order valence-corrected chi connectivity index (χ3v) is 6.22. The summed E-state index contributed by atoms with van der Waals surface area (Å²) in [5.74, 6) is 6.71. The number of rotatable bonds is 4. The van der Waals surface area contributed by atoms with Gasteiger partial charge < -0.3 is 5.11 Å². The summed E-state index contributed by atoms with van der Waals surface area (Å²) in [6.45, 7) is 5.30. The predicted octanol–water partition coefficient (Wildman–Crippen LogP) is 4.33. The Labute approximate surface area is 147 Å². The van der Waals surface area contributed by atoms with Gasteiger partial charge in [-0.2, -0.15) is 0 Å². The zero-order valence-electron chi connectivity index (χ0n) is 15.1. The van der Waals surface area contributed by atoms with Crippen molar-refractivity contribution in [3.8, 4) is 11.8 Å². The normalized spacial score (nSPS) is 23.2. The molecule has 3 rings (SSSR count). The molecular formula is C22H31NO. The first-order chi connectivity index (χ1) is 11.7. The van der Waals surface area contributed by atoms with Gasteiger partial charge in [-0.1, -0.05) is 68.4 Å². The van der Waals surface area contributed by atoms with Crippen molar-refractivity contribution in [3.05, 3.63) is 35.9 Å². The lowest BCUT2D eigenvalue weighted by molar-refractivity contribution is -0.0422. The predicted molar refractivity (Wildman–Crippen MR) is 99.6 cm³/mol. The molecule has 1 atom stereocenters. The van der Waals surface area contributed by atoms with Crippen molar-refractivity contribution in [2.24, 2.45) is 5.41 Å². The highest BCUT2D eigenvalue weighted by Gasteiger charge is 2.50. The first-order valence-corrected chi connectivity index (χ1v) is 9.70. The van der Waals surface area contributed by atoms with Crippen LogP contribution >= 0.6 is 0 Å². The summed E-state index contributed by atoms with van der Waals surface area (Å²) in [5, 5.41) is 11.8. The molecule has 1 N–H and O–H groups in total. The van der Waals surface area contributed by atoms with Gasteiger partial charge >= 0.3 is 0 Å². The van der Waals surface area contributed by atoms with E-state index in [-0.39, 0.29) is 5.41 Å². The van der Waals surface area contributed by atoms with E-state index in [1.165, 1.54) is 32.1 Å². The van der Waals surface area contributed by atoms with Crippen molar-refractivity contribution < 1.29 is 5.11 Å². The Hall–Kier alpha value is -1.30. The van der Waals surface area contributed by atoms with Crippen LogP contribution in [0.1, 0.15) is 63.9 Å². The molecule has 1 aromatic carbocycles. The zero-order chi connectivity index (χ0) is 16.9. The van der Waals surface area contributed by atoms with Crippen molar-refractivity contribution in [2.75, 3.05) is 19.6 Å². The van der Waals surface area contributed by atoms with Crippen LogP contribution in [0.15, 0.2) is 30.3 Å². The number of benzene rings is 1. The molecule has 2 aliphatic rings. The molecule has 0 spiro atoms. The van der Waals surface area contributed by atoms with Gasteiger partial charge in [-0.15, -0.1) is 0 Å². The summed E-state index contributed by atoms with van der Waals surface area (Å²) in [6.07, 6.45) is 9.45. The minimum Gasteiger partial charge on any atom is -0.373 e. The molecule has 2 nitrogen and oxygen atoms in total. The molecule has 0 bridgehead atoms. The SMILES string of the molecule is CCC1([C@@](O)(C#CCN2CCCCC2)c2ccccc2)CCCC1. The lowest BCUT2D eigenvalue weighted by Gasteiger charge is -2.42. The average Bonchev–Trinajstić information content (AvgIpc) is 3.14. The Morgan fingerprint density at radius 1 is 1.04 bits per heavy atom. The molecule has 0 unspecified atom stereocenters. The molecule has 1 aliphatic carbocycles. The number of likely N-dealkylation sites (tertiary alicyclic amines) is 1. The van der Waals surface area contributed by atoms with Crippen LogP contribution in [0.3, 0.4) is 0 Å². The van der Waals surface area contributed by atoms with Gasteiger partial charge in [-0.05, 0) is 50.8 Å². The van der Waals surface area contributed by atoms with E-state index in [0.29, 0.717) is 0 Å². The number of nitrogens with zero attached hydrogens (tertiary/aromatic N) is 1. The van der Waals surface area contributed by atoms with Crippen molar-refractivity contribution >= 4 is 0 Å². The first-order valence-electron chi connectivity index (χ1n) is 9.70. The highest BCUT2D eigenvalue weighted by Crippen LogP contribution is 2.53. The van der Waals surface area contributed by atoms with Crippen LogP contribution in [0.25, 0.3) is 0 Å². The molecule has 2 fully saturated rings. The van der Waals surface area contributed by atoms with Crippen molar-refractivity contribution in [1.82, 2.24) is 4.90 Å². The second-order valence-electron chi connectivity index (χ2n) is 7.56. The second kappa shape index (κ2) is 7.72. The molecule has 24 heavy (non-hydrogen) atoms. The van der Waals surface area contributed by atoms with Crippen LogP contribution in [-0.2, 0) is 5.60 Å². The monoisotopic (exact) mass is 325 g/mol. The smallest absolute Gasteiger partial charge is 0.156 e. The van der Waals surface area contributed by atoms with E-state index >= 15 is 0 Å². The van der Waals surface area contributed by atoms with Gasteiger partial charge in [0.15, 0.2) is 5.60 Å². The summed E-state index contributed by atoms with van der Waals surface area (Å²) in [5.41, 5.74) is -0.140. The van der Waals surface area contributed by atoms with Crippen LogP contribution in [0.2, 0.25) is 0 Å². The molecular weight excluding hydrogens is 294 g/mol. The van der Waals surface area contributed by atoms with Crippen molar-refractivity contribution in [2.45, 2.75) is 63.9 Å². The van der Waals surface area contributed by atoms with Crippen LogP contribution in [0, 0.1) is 17.3 Å². The fourth-order valence-corrected chi connectivity index (χ4v) is 4.61. The van der Waals surface area contributed by atoms with Gasteiger partial charge in [-0.25, -0.2) is 0 Å². The van der Waals surface area contributed by atoms with E-state index in [1.54, 1.807) is 0 Å². The van der Waals surface area contributed by atoms with Gasteiger partial charge in [0, 0.05) is 5.41 Å². The molecule has 0 aromatic heterocycles. The van der Waals surface area contributed by atoms with Crippen LogP contribution in [-0.4, -0.2) is 29.6 Å². The Morgan fingerprint density at radius 3 is 2.33 bits per heavy atom. The quantitative estimate of drug-likeness (QED) is 0.833. The summed E-state index contributed by atoms with van der Waals surface area (Å²) in [6, 6.07) is 10.1. The van der Waals surface area contributed by atoms with E-state index < -0.39 is 5.60 Å². The maximum atomic E-state index is 11.8. The summed E-state index contributed by atoms with van der Waals surface area (Å²) < 4.78 is 0. The summed E-state index contributed by atoms with van der Waals surface area (Å²) in [4.78, 5) is 2.43. The van der Waals surface area contributed by atoms with Gasteiger partial charge in [0.2, 0.25) is 0 Å². The second-order valence-corrected chi connectivity index (χ2v) is 7.56. The molecule has 1 saturated heterocycles. The zero-order valence-corrected chi connectivity index (χ0v) is 15.1. The van der Waals surface area contributed by atoms with Gasteiger partial charge in [0.05, 0.1) is 6.54 Å². The number of hydrogen-bond donors (Lipinski definition) is 1. The van der Waals surface area contributed by atoms with Crippen molar-refractivity contribution in [3.63, 3.8) is 0 Å². The standard InChI is InChI=1S/C22H31NO/c1-2-21(14-7-8-15-21)22(24,20-12-5-3-6-13-20)16-11-19-23-17-9-4-10-18-23/h3,5-6,12-13,24H,2,4,7-10,14-15,17-19H2,1H3/t22-/m1/s1. The van der Waals surface area contributed by atoms with Gasteiger partial charge in [0.1, 0.15) is 0 Å². The summed E-state index contributed by atoms with van der Waals surface area (Å²) >= 11 is 0. The Morgan fingerprint density at radius 2 is 1.71 bits per heavy atom. The van der Waals surface area contributed by atoms with Gasteiger partial charge in [-0.3, -0.25) is 4.90 Å². The molecule has 130 valence electrons. The van der Waals surface area contributed by atoms with E-state index in [1.807, 2.05) is 30.3 Å². The average molecular weight is 325 g/mol. The fourth-order valence-electron chi connectivity index (χ4n) is 4.61. The molecule has 1 aliphatic heterocycles. The highest BCUT2D eigenvalue weighted by atomic mass is 16.3. The topological polar surface area (TPSA) is 23.5 Å². The van der Waals surface area contributed by atoms with Crippen LogP contribution in [0.4, 0.5) is 0 Å². The number of piperidine rings is 1. The highest BCUT2D eigenvalue weighted by molar-refractivity contribution is 5.36. The van der Waals surface area contributed by atoms with Gasteiger partial charge in [0.25, 0.3) is 0 Å². The Bertz CT molecular complexity index is 573. The molecule has 1 saturated carbocycles. The number of aliphatic hydroxyl groups is 1. The third kappa shape index (κ3) is 3.39. The Kier molecular flexibility index (Phi) is 5.64. The maximum absolute atomic E-state index is 11.8. The lowest BCUT2D eigenvalue weighted by Crippen LogP contribution is -2.43.